The summed E-state index contributed by atoms with van der Waals surface area (Å²) in [5.41, 5.74) is -6.10. The molecule has 0 aromatic heterocycles. The lowest BCUT2D eigenvalue weighted by Crippen LogP contribution is -2.80. The Morgan fingerprint density at radius 2 is 1.95 bits per heavy atom. The fraction of sp³-hybridized carbons (Fsp3) is 0.867. The zero-order valence-electron chi connectivity index (χ0n) is 12.5. The molecule has 0 aromatic rings. The predicted molar refractivity (Wildman–Crippen MR) is 70.3 cm³/mol. The highest BCUT2D eigenvalue weighted by Gasteiger charge is 2.85. The maximum atomic E-state index is 12.2. The van der Waals surface area contributed by atoms with Gasteiger partial charge in [0.25, 0.3) is 0 Å². The molecule has 4 aliphatic rings. The van der Waals surface area contributed by atoms with E-state index >= 15 is 0 Å². The highest BCUT2D eigenvalue weighted by atomic mass is 16.6. The van der Waals surface area contributed by atoms with Crippen molar-refractivity contribution in [3.63, 3.8) is 0 Å². The molecule has 0 unspecified atom stereocenters. The molecule has 0 radical (unpaired) electrons. The first kappa shape index (κ1) is 14.4. The van der Waals surface area contributed by atoms with Gasteiger partial charge < -0.3 is 24.8 Å². The minimum atomic E-state index is -2.08. The van der Waals surface area contributed by atoms with Gasteiger partial charge in [0.1, 0.15) is 12.7 Å². The Morgan fingerprint density at radius 1 is 1.27 bits per heavy atom. The summed E-state index contributed by atoms with van der Waals surface area (Å²) in [6, 6.07) is 0. The summed E-state index contributed by atoms with van der Waals surface area (Å²) in [7, 11) is 0. The van der Waals surface area contributed by atoms with E-state index in [9.17, 15) is 24.9 Å². The zero-order chi connectivity index (χ0) is 16.1. The topological polar surface area (TPSA) is 113 Å². The monoisotopic (exact) mass is 312 g/mol. The molecular weight excluding hydrogens is 292 g/mol. The molecule has 2 aliphatic heterocycles. The number of carbonyl (C=O) groups excluding carboxylic acids is 2. The van der Waals surface area contributed by atoms with Crippen molar-refractivity contribution in [1.82, 2.24) is 0 Å². The van der Waals surface area contributed by atoms with Crippen molar-refractivity contribution in [3.05, 3.63) is 0 Å². The van der Waals surface area contributed by atoms with Gasteiger partial charge in [0.15, 0.2) is 6.10 Å². The second-order valence-corrected chi connectivity index (χ2v) is 7.55. The van der Waals surface area contributed by atoms with Crippen LogP contribution in [-0.4, -0.2) is 57.3 Å². The van der Waals surface area contributed by atoms with E-state index in [1.807, 2.05) is 6.92 Å². The van der Waals surface area contributed by atoms with Crippen LogP contribution in [0.2, 0.25) is 0 Å². The van der Waals surface area contributed by atoms with Gasteiger partial charge in [-0.3, -0.25) is 0 Å². The number of aliphatic hydroxyl groups is 3. The average molecular weight is 312 g/mol. The van der Waals surface area contributed by atoms with E-state index in [1.54, 1.807) is 6.92 Å². The molecule has 7 heteroatoms. The van der Waals surface area contributed by atoms with Gasteiger partial charge in [0.05, 0.1) is 11.0 Å². The van der Waals surface area contributed by atoms with E-state index in [1.165, 1.54) is 0 Å². The Morgan fingerprint density at radius 3 is 2.64 bits per heavy atom. The molecule has 2 bridgehead atoms. The first-order valence-electron chi connectivity index (χ1n) is 7.66. The Balaban J connectivity index is 2.01. The van der Waals surface area contributed by atoms with E-state index in [2.05, 4.69) is 0 Å². The summed E-state index contributed by atoms with van der Waals surface area (Å²) in [5.74, 6) is -1.90. The standard InChI is InChI=1S/C15H20O7/c1-7-3-4-14(19)12(2)6-21-11(18)15(12,20)8-5-13(7,14)9(16)10(17)22-8/h7-9,16,19-20H,3-6H2,1-2H3/t7-,8-,9+,12+,13+,14+,15-/m1/s1. The van der Waals surface area contributed by atoms with Crippen LogP contribution in [0.15, 0.2) is 0 Å². The second kappa shape index (κ2) is 3.66. The number of ether oxygens (including phenoxy) is 2. The molecule has 7 nitrogen and oxygen atoms in total. The lowest BCUT2D eigenvalue weighted by Gasteiger charge is -2.64. The maximum absolute atomic E-state index is 12.2. The highest BCUT2D eigenvalue weighted by molar-refractivity contribution is 5.87. The van der Waals surface area contributed by atoms with Crippen molar-refractivity contribution < 1.29 is 34.4 Å². The Labute approximate surface area is 127 Å². The molecule has 2 saturated carbocycles. The largest absolute Gasteiger partial charge is 0.463 e. The molecule has 4 rings (SSSR count). The van der Waals surface area contributed by atoms with Gasteiger partial charge in [-0.25, -0.2) is 9.59 Å². The molecule has 122 valence electrons. The number of esters is 2. The normalized spacial score (nSPS) is 59.6. The third-order valence-electron chi connectivity index (χ3n) is 7.10. The predicted octanol–water partition coefficient (Wildman–Crippen LogP) is -0.882. The number of hydrogen-bond donors (Lipinski definition) is 3. The smallest absolute Gasteiger partial charge is 0.342 e. The van der Waals surface area contributed by atoms with Crippen LogP contribution < -0.4 is 0 Å². The third-order valence-corrected chi connectivity index (χ3v) is 7.10. The average Bonchev–Trinajstić information content (AvgIpc) is 2.87. The van der Waals surface area contributed by atoms with Crippen molar-refractivity contribution in [2.24, 2.45) is 16.7 Å². The van der Waals surface area contributed by atoms with Gasteiger partial charge in [0.2, 0.25) is 5.60 Å². The first-order valence-corrected chi connectivity index (χ1v) is 7.66. The summed E-state index contributed by atoms with van der Waals surface area (Å²) in [6.45, 7) is 3.30. The van der Waals surface area contributed by atoms with E-state index in [0.717, 1.165) is 0 Å². The van der Waals surface area contributed by atoms with E-state index < -0.39 is 46.2 Å². The number of aliphatic hydroxyl groups excluding tert-OH is 1. The van der Waals surface area contributed by atoms with Gasteiger partial charge in [-0.1, -0.05) is 6.92 Å². The molecule has 2 saturated heterocycles. The SMILES string of the molecule is C[C@@H]1CC[C@@]2(O)[C@@]13C[C@@H](OC(=O)[C@@H]3O)[C@@]1(O)C(=O)OC[C@@]21C. The second-order valence-electron chi connectivity index (χ2n) is 7.55. The Kier molecular flexibility index (Phi) is 2.40. The number of cyclic esters (lactones) is 1. The number of fused-ring (bicyclic) bond motifs is 4. The molecule has 22 heavy (non-hydrogen) atoms. The maximum Gasteiger partial charge on any atom is 0.342 e. The summed E-state index contributed by atoms with van der Waals surface area (Å²) in [4.78, 5) is 24.3. The van der Waals surface area contributed by atoms with Crippen LogP contribution in [0.5, 0.6) is 0 Å². The van der Waals surface area contributed by atoms with Gasteiger partial charge in [0, 0.05) is 5.41 Å². The fourth-order valence-electron chi connectivity index (χ4n) is 5.66. The van der Waals surface area contributed by atoms with Crippen LogP contribution in [0.1, 0.15) is 33.1 Å². The quantitative estimate of drug-likeness (QED) is 0.498. The van der Waals surface area contributed by atoms with E-state index in [-0.39, 0.29) is 18.9 Å². The van der Waals surface area contributed by atoms with Crippen LogP contribution in [0.4, 0.5) is 0 Å². The summed E-state index contributed by atoms with van der Waals surface area (Å²) < 4.78 is 10.2. The Bertz CT molecular complexity index is 590. The minimum absolute atomic E-state index is 0.0543. The van der Waals surface area contributed by atoms with Gasteiger partial charge in [-0.05, 0) is 32.1 Å². The molecule has 1 spiro atoms. The van der Waals surface area contributed by atoms with E-state index in [4.69, 9.17) is 9.47 Å². The highest BCUT2D eigenvalue weighted by Crippen LogP contribution is 2.71. The van der Waals surface area contributed by atoms with Crippen LogP contribution in [0.3, 0.4) is 0 Å². The fourth-order valence-corrected chi connectivity index (χ4v) is 5.66. The van der Waals surface area contributed by atoms with Crippen LogP contribution in [0.25, 0.3) is 0 Å². The number of rotatable bonds is 0. The lowest BCUT2D eigenvalue weighted by atomic mass is 9.44. The summed E-state index contributed by atoms with van der Waals surface area (Å²) in [5, 5.41) is 33.1. The zero-order valence-corrected chi connectivity index (χ0v) is 12.5. The molecule has 2 aliphatic carbocycles. The number of hydrogen-bond acceptors (Lipinski definition) is 7. The minimum Gasteiger partial charge on any atom is -0.463 e. The van der Waals surface area contributed by atoms with Gasteiger partial charge in [-0.15, -0.1) is 0 Å². The molecule has 7 atom stereocenters. The molecular formula is C15H20O7. The number of carbonyl (C=O) groups is 2. The molecule has 2 heterocycles. The van der Waals surface area contributed by atoms with Crippen molar-refractivity contribution in [2.75, 3.05) is 6.61 Å². The molecule has 3 N–H and O–H groups in total. The van der Waals surface area contributed by atoms with Crippen molar-refractivity contribution in [2.45, 2.75) is 56.5 Å². The van der Waals surface area contributed by atoms with Crippen LogP contribution in [0, 0.1) is 16.7 Å². The van der Waals surface area contributed by atoms with Crippen LogP contribution >= 0.6 is 0 Å². The van der Waals surface area contributed by atoms with Crippen molar-refractivity contribution >= 4 is 11.9 Å². The van der Waals surface area contributed by atoms with Gasteiger partial charge >= 0.3 is 11.9 Å². The lowest BCUT2D eigenvalue weighted by molar-refractivity contribution is -0.320. The van der Waals surface area contributed by atoms with E-state index in [0.29, 0.717) is 12.8 Å². The first-order chi connectivity index (χ1) is 10.1. The molecule has 0 aromatic carbocycles. The summed E-state index contributed by atoms with van der Waals surface area (Å²) >= 11 is 0. The molecule has 0 amide bonds. The van der Waals surface area contributed by atoms with Gasteiger partial charge in [-0.2, -0.15) is 0 Å². The molecule has 4 fully saturated rings. The van der Waals surface area contributed by atoms with Crippen LogP contribution in [-0.2, 0) is 19.1 Å². The third kappa shape index (κ3) is 1.07. The van der Waals surface area contributed by atoms with Crippen molar-refractivity contribution in [1.29, 1.82) is 0 Å². The summed E-state index contributed by atoms with van der Waals surface area (Å²) in [6.07, 6.45) is -1.64. The Hall–Kier alpha value is -1.18. The van der Waals surface area contributed by atoms with Crippen molar-refractivity contribution in [3.8, 4) is 0 Å².